The van der Waals surface area contributed by atoms with E-state index in [0.717, 1.165) is 28.8 Å². The molecule has 0 spiro atoms. The van der Waals surface area contributed by atoms with E-state index in [2.05, 4.69) is 33.0 Å². The molecule has 1 aromatic heterocycles. The van der Waals surface area contributed by atoms with Gasteiger partial charge in [0.2, 0.25) is 0 Å². The minimum atomic E-state index is 0.549. The van der Waals surface area contributed by atoms with E-state index >= 15 is 0 Å². The molecule has 3 rings (SSSR count). The van der Waals surface area contributed by atoms with E-state index in [1.807, 2.05) is 42.5 Å². The number of nitriles is 1. The average Bonchev–Trinajstić information content (AvgIpc) is 3.03. The van der Waals surface area contributed by atoms with Gasteiger partial charge in [-0.25, -0.2) is 0 Å². The molecule has 2 aromatic carbocycles. The second-order valence-corrected chi connectivity index (χ2v) is 6.55. The molecule has 126 valence electrons. The van der Waals surface area contributed by atoms with Crippen LogP contribution in [0.2, 0.25) is 0 Å². The van der Waals surface area contributed by atoms with Crippen molar-refractivity contribution in [3.8, 4) is 6.07 Å². The molecule has 0 unspecified atom stereocenters. The predicted molar refractivity (Wildman–Crippen MR) is 99.0 cm³/mol. The zero-order chi connectivity index (χ0) is 17.5. The Balaban J connectivity index is 1.76. The summed E-state index contributed by atoms with van der Waals surface area (Å²) in [6.07, 6.45) is 0.706. The van der Waals surface area contributed by atoms with Crippen molar-refractivity contribution in [3.05, 3.63) is 77.1 Å². The average molecular weight is 349 g/mol. The van der Waals surface area contributed by atoms with Gasteiger partial charge in [-0.2, -0.15) is 5.26 Å². The van der Waals surface area contributed by atoms with Crippen molar-refractivity contribution in [1.29, 1.82) is 5.26 Å². The lowest BCUT2D eigenvalue weighted by Gasteiger charge is -2.10. The van der Waals surface area contributed by atoms with E-state index in [-0.39, 0.29) is 0 Å². The Morgan fingerprint density at radius 2 is 1.76 bits per heavy atom. The van der Waals surface area contributed by atoms with Crippen LogP contribution in [0.25, 0.3) is 0 Å². The second kappa shape index (κ2) is 8.47. The Kier molecular flexibility index (Phi) is 5.83. The van der Waals surface area contributed by atoms with Crippen molar-refractivity contribution in [2.45, 2.75) is 23.9 Å². The molecule has 0 radical (unpaired) electrons. The molecule has 0 bridgehead atoms. The van der Waals surface area contributed by atoms with Gasteiger partial charge < -0.3 is 10.3 Å². The maximum Gasteiger partial charge on any atom is 0.191 e. The first kappa shape index (κ1) is 17.2. The van der Waals surface area contributed by atoms with Gasteiger partial charge in [0.25, 0.3) is 0 Å². The summed E-state index contributed by atoms with van der Waals surface area (Å²) in [5.41, 5.74) is 8.74. The van der Waals surface area contributed by atoms with Crippen LogP contribution in [0.15, 0.2) is 59.8 Å². The van der Waals surface area contributed by atoms with E-state index in [0.29, 0.717) is 18.5 Å². The van der Waals surface area contributed by atoms with Crippen molar-refractivity contribution in [3.63, 3.8) is 0 Å². The van der Waals surface area contributed by atoms with Gasteiger partial charge in [0, 0.05) is 12.2 Å². The Hall–Kier alpha value is -2.62. The first-order chi connectivity index (χ1) is 12.3. The van der Waals surface area contributed by atoms with Gasteiger partial charge in [-0.3, -0.25) is 0 Å². The van der Waals surface area contributed by atoms with E-state index in [1.54, 1.807) is 11.8 Å². The number of nitrogens with two attached hydrogens (primary N) is 1. The summed E-state index contributed by atoms with van der Waals surface area (Å²) in [4.78, 5) is 0. The molecular formula is C19H19N5S. The Bertz CT molecular complexity index is 850. The van der Waals surface area contributed by atoms with Gasteiger partial charge in [0.1, 0.15) is 5.82 Å². The Morgan fingerprint density at radius 3 is 2.44 bits per heavy atom. The molecule has 0 fully saturated rings. The van der Waals surface area contributed by atoms with Crippen LogP contribution in [0.4, 0.5) is 0 Å². The summed E-state index contributed by atoms with van der Waals surface area (Å²) in [7, 11) is 0. The highest BCUT2D eigenvalue weighted by molar-refractivity contribution is 7.98. The highest BCUT2D eigenvalue weighted by atomic mass is 32.2. The Labute approximate surface area is 151 Å². The third-order valence-electron chi connectivity index (χ3n) is 3.80. The van der Waals surface area contributed by atoms with Gasteiger partial charge >= 0.3 is 0 Å². The monoisotopic (exact) mass is 349 g/mol. The van der Waals surface area contributed by atoms with Crippen LogP contribution in [0.3, 0.4) is 0 Å². The van der Waals surface area contributed by atoms with E-state index in [4.69, 9.17) is 11.0 Å². The lowest BCUT2D eigenvalue weighted by molar-refractivity contribution is 0.663. The van der Waals surface area contributed by atoms with Crippen LogP contribution in [0.5, 0.6) is 0 Å². The predicted octanol–water partition coefficient (Wildman–Crippen LogP) is 2.99. The van der Waals surface area contributed by atoms with Gasteiger partial charge in [0.05, 0.1) is 18.2 Å². The summed E-state index contributed by atoms with van der Waals surface area (Å²) in [5, 5.41) is 18.4. The summed E-state index contributed by atoms with van der Waals surface area (Å²) < 4.78 is 2.14. The highest BCUT2D eigenvalue weighted by Gasteiger charge is 2.12. The molecule has 0 aliphatic carbocycles. The van der Waals surface area contributed by atoms with Crippen molar-refractivity contribution in [2.75, 3.05) is 6.54 Å². The molecule has 5 nitrogen and oxygen atoms in total. The fourth-order valence-corrected chi connectivity index (χ4v) is 3.40. The molecule has 6 heteroatoms. The smallest absolute Gasteiger partial charge is 0.191 e. The van der Waals surface area contributed by atoms with Crippen molar-refractivity contribution in [1.82, 2.24) is 14.8 Å². The van der Waals surface area contributed by atoms with Crippen LogP contribution in [0, 0.1) is 11.3 Å². The molecule has 0 aliphatic heterocycles. The van der Waals surface area contributed by atoms with Gasteiger partial charge in [-0.05, 0) is 29.8 Å². The third kappa shape index (κ3) is 4.47. The minimum absolute atomic E-state index is 0.549. The van der Waals surface area contributed by atoms with Crippen LogP contribution >= 0.6 is 11.8 Å². The maximum absolute atomic E-state index is 8.88. The number of hydrogen-bond acceptors (Lipinski definition) is 5. The van der Waals surface area contributed by atoms with Crippen LogP contribution in [-0.4, -0.2) is 21.3 Å². The molecule has 1 heterocycles. The second-order valence-electron chi connectivity index (χ2n) is 5.61. The number of thioether (sulfide) groups is 1. The molecular weight excluding hydrogens is 330 g/mol. The first-order valence-corrected chi connectivity index (χ1v) is 9.06. The zero-order valence-electron chi connectivity index (χ0n) is 13.8. The highest BCUT2D eigenvalue weighted by Crippen LogP contribution is 2.23. The molecule has 0 saturated heterocycles. The van der Waals surface area contributed by atoms with E-state index in [1.165, 1.54) is 5.56 Å². The molecule has 3 aromatic rings. The molecule has 0 atom stereocenters. The zero-order valence-corrected chi connectivity index (χ0v) is 14.6. The van der Waals surface area contributed by atoms with Crippen molar-refractivity contribution < 1.29 is 0 Å². The van der Waals surface area contributed by atoms with Gasteiger partial charge in [-0.15, -0.1) is 10.2 Å². The summed E-state index contributed by atoms with van der Waals surface area (Å²) >= 11 is 1.65. The lowest BCUT2D eigenvalue weighted by Crippen LogP contribution is -2.11. The largest absolute Gasteiger partial charge is 0.330 e. The SMILES string of the molecule is N#Cc1ccc(CSc2nnc(CCN)n2Cc2ccccc2)cc1. The number of hydrogen-bond donors (Lipinski definition) is 1. The van der Waals surface area contributed by atoms with E-state index in [9.17, 15) is 0 Å². The molecule has 0 aliphatic rings. The minimum Gasteiger partial charge on any atom is -0.330 e. The van der Waals surface area contributed by atoms with Crippen LogP contribution < -0.4 is 5.73 Å². The quantitative estimate of drug-likeness (QED) is 0.663. The van der Waals surface area contributed by atoms with Crippen molar-refractivity contribution >= 4 is 11.8 Å². The Morgan fingerprint density at radius 1 is 1.00 bits per heavy atom. The topological polar surface area (TPSA) is 80.5 Å². The first-order valence-electron chi connectivity index (χ1n) is 8.08. The fraction of sp³-hybridized carbons (Fsp3) is 0.211. The molecule has 2 N–H and O–H groups in total. The standard InChI is InChI=1S/C19H19N5S/c20-11-10-18-22-23-19(24(18)13-16-4-2-1-3-5-16)25-14-17-8-6-15(12-21)7-9-17/h1-9H,10-11,13-14,20H2. The number of benzene rings is 2. The lowest BCUT2D eigenvalue weighted by atomic mass is 10.2. The third-order valence-corrected chi connectivity index (χ3v) is 4.83. The fourth-order valence-electron chi connectivity index (χ4n) is 2.49. The molecule has 0 saturated carbocycles. The van der Waals surface area contributed by atoms with Crippen molar-refractivity contribution in [2.24, 2.45) is 5.73 Å². The number of rotatable bonds is 7. The normalized spacial score (nSPS) is 10.6. The van der Waals surface area contributed by atoms with Crippen LogP contribution in [0.1, 0.15) is 22.5 Å². The molecule has 25 heavy (non-hydrogen) atoms. The summed E-state index contributed by atoms with van der Waals surface area (Å²) in [6.45, 7) is 1.28. The number of nitrogens with zero attached hydrogens (tertiary/aromatic N) is 4. The number of aromatic nitrogens is 3. The van der Waals surface area contributed by atoms with Crippen LogP contribution in [-0.2, 0) is 18.7 Å². The summed E-state index contributed by atoms with van der Waals surface area (Å²) in [5.74, 6) is 1.69. The maximum atomic E-state index is 8.88. The summed E-state index contributed by atoms with van der Waals surface area (Å²) in [6, 6.07) is 20.0. The van der Waals surface area contributed by atoms with Gasteiger partial charge in [-0.1, -0.05) is 54.2 Å². The van der Waals surface area contributed by atoms with Gasteiger partial charge in [0.15, 0.2) is 5.16 Å². The van der Waals surface area contributed by atoms with E-state index < -0.39 is 0 Å². The molecule has 0 amide bonds.